The summed E-state index contributed by atoms with van der Waals surface area (Å²) in [5, 5.41) is 2.00. The molecule has 3 aromatic rings. The van der Waals surface area contributed by atoms with Crippen LogP contribution in [-0.2, 0) is 0 Å². The Labute approximate surface area is 108 Å². The van der Waals surface area contributed by atoms with Gasteiger partial charge in [0.05, 0.1) is 17.7 Å². The van der Waals surface area contributed by atoms with Gasteiger partial charge in [-0.2, -0.15) is 0 Å². The van der Waals surface area contributed by atoms with Crippen LogP contribution < -0.4 is 4.74 Å². The third kappa shape index (κ3) is 1.91. The molecule has 0 amide bonds. The highest BCUT2D eigenvalue weighted by Gasteiger charge is 2.13. The van der Waals surface area contributed by atoms with Crippen molar-refractivity contribution in [1.82, 2.24) is 19.9 Å². The second kappa shape index (κ2) is 4.66. The van der Waals surface area contributed by atoms with E-state index in [1.54, 1.807) is 17.5 Å². The topological polar surface area (TPSA) is 60.8 Å². The highest BCUT2D eigenvalue weighted by atomic mass is 32.1. The lowest BCUT2D eigenvalue weighted by Crippen LogP contribution is -2.00. The minimum Gasteiger partial charge on any atom is -0.476 e. The SMILES string of the molecule is CCOc1nc2cncnc2nc1-c1cccs1. The summed E-state index contributed by atoms with van der Waals surface area (Å²) < 4.78 is 5.55. The fourth-order valence-corrected chi connectivity index (χ4v) is 2.31. The van der Waals surface area contributed by atoms with E-state index < -0.39 is 0 Å². The first-order valence-corrected chi connectivity index (χ1v) is 6.41. The molecule has 0 saturated carbocycles. The summed E-state index contributed by atoms with van der Waals surface area (Å²) in [4.78, 5) is 18.0. The third-order valence-electron chi connectivity index (χ3n) is 2.35. The molecule has 18 heavy (non-hydrogen) atoms. The number of aromatic nitrogens is 4. The Balaban J connectivity index is 2.24. The second-order valence-electron chi connectivity index (χ2n) is 3.52. The van der Waals surface area contributed by atoms with E-state index in [-0.39, 0.29) is 0 Å². The molecule has 0 radical (unpaired) electrons. The molecule has 6 heteroatoms. The van der Waals surface area contributed by atoms with E-state index in [2.05, 4.69) is 19.9 Å². The Kier molecular flexibility index (Phi) is 2.85. The van der Waals surface area contributed by atoms with Gasteiger partial charge in [0.2, 0.25) is 5.88 Å². The van der Waals surface area contributed by atoms with Gasteiger partial charge in [-0.15, -0.1) is 11.3 Å². The van der Waals surface area contributed by atoms with Gasteiger partial charge in [0, 0.05) is 0 Å². The summed E-state index contributed by atoms with van der Waals surface area (Å²) >= 11 is 1.60. The fraction of sp³-hybridized carbons (Fsp3) is 0.167. The molecular weight excluding hydrogens is 248 g/mol. The van der Waals surface area contributed by atoms with Gasteiger partial charge in [0.1, 0.15) is 17.5 Å². The zero-order valence-electron chi connectivity index (χ0n) is 9.70. The monoisotopic (exact) mass is 258 g/mol. The molecule has 0 unspecified atom stereocenters. The van der Waals surface area contributed by atoms with Crippen molar-refractivity contribution in [3.8, 4) is 16.5 Å². The molecule has 3 aromatic heterocycles. The number of thiophene rings is 1. The summed E-state index contributed by atoms with van der Waals surface area (Å²) in [6.45, 7) is 2.47. The average molecular weight is 258 g/mol. The van der Waals surface area contributed by atoms with Gasteiger partial charge >= 0.3 is 0 Å². The van der Waals surface area contributed by atoms with Crippen molar-refractivity contribution in [2.24, 2.45) is 0 Å². The van der Waals surface area contributed by atoms with E-state index in [1.807, 2.05) is 24.4 Å². The van der Waals surface area contributed by atoms with Gasteiger partial charge in [0.15, 0.2) is 5.65 Å². The molecule has 90 valence electrons. The number of hydrogen-bond acceptors (Lipinski definition) is 6. The van der Waals surface area contributed by atoms with Crippen molar-refractivity contribution in [3.63, 3.8) is 0 Å². The molecular formula is C12H10N4OS. The summed E-state index contributed by atoms with van der Waals surface area (Å²) in [6.07, 6.45) is 3.10. The molecule has 0 fully saturated rings. The van der Waals surface area contributed by atoms with Crippen LogP contribution in [0.5, 0.6) is 5.88 Å². The van der Waals surface area contributed by atoms with Crippen LogP contribution in [0.1, 0.15) is 6.92 Å². The van der Waals surface area contributed by atoms with Crippen molar-refractivity contribution in [1.29, 1.82) is 0 Å². The van der Waals surface area contributed by atoms with Crippen LogP contribution in [0.2, 0.25) is 0 Å². The molecule has 0 atom stereocenters. The lowest BCUT2D eigenvalue weighted by atomic mass is 10.3. The Morgan fingerprint density at radius 2 is 2.28 bits per heavy atom. The molecule has 3 rings (SSSR count). The minimum absolute atomic E-state index is 0.530. The molecule has 0 bridgehead atoms. The van der Waals surface area contributed by atoms with Gasteiger partial charge in [-0.3, -0.25) is 0 Å². The van der Waals surface area contributed by atoms with Crippen molar-refractivity contribution < 1.29 is 4.74 Å². The molecule has 0 spiro atoms. The Morgan fingerprint density at radius 3 is 3.06 bits per heavy atom. The smallest absolute Gasteiger partial charge is 0.242 e. The Bertz CT molecular complexity index is 669. The number of rotatable bonds is 3. The van der Waals surface area contributed by atoms with Crippen LogP contribution in [-0.4, -0.2) is 26.5 Å². The number of hydrogen-bond donors (Lipinski definition) is 0. The minimum atomic E-state index is 0.530. The van der Waals surface area contributed by atoms with Crippen LogP contribution in [0.4, 0.5) is 0 Å². The maximum atomic E-state index is 5.55. The maximum Gasteiger partial charge on any atom is 0.242 e. The van der Waals surface area contributed by atoms with Crippen LogP contribution in [0.25, 0.3) is 21.7 Å². The van der Waals surface area contributed by atoms with Gasteiger partial charge in [-0.1, -0.05) is 6.07 Å². The largest absolute Gasteiger partial charge is 0.476 e. The van der Waals surface area contributed by atoms with E-state index >= 15 is 0 Å². The first-order chi connectivity index (χ1) is 8.88. The van der Waals surface area contributed by atoms with Crippen molar-refractivity contribution >= 4 is 22.5 Å². The molecule has 0 N–H and O–H groups in total. The number of ether oxygens (including phenoxy) is 1. The number of nitrogens with zero attached hydrogens (tertiary/aromatic N) is 4. The molecule has 0 aliphatic rings. The van der Waals surface area contributed by atoms with Crippen molar-refractivity contribution in [2.75, 3.05) is 6.61 Å². The van der Waals surface area contributed by atoms with Gasteiger partial charge in [-0.25, -0.2) is 19.9 Å². The molecule has 0 aliphatic carbocycles. The van der Waals surface area contributed by atoms with E-state index in [1.165, 1.54) is 6.33 Å². The summed E-state index contributed by atoms with van der Waals surface area (Å²) in [5.41, 5.74) is 1.95. The van der Waals surface area contributed by atoms with E-state index in [0.717, 1.165) is 10.6 Å². The average Bonchev–Trinajstić information content (AvgIpc) is 2.92. The molecule has 0 aliphatic heterocycles. The van der Waals surface area contributed by atoms with E-state index in [4.69, 9.17) is 4.74 Å². The first-order valence-electron chi connectivity index (χ1n) is 5.53. The van der Waals surface area contributed by atoms with Crippen molar-refractivity contribution in [3.05, 3.63) is 30.0 Å². The van der Waals surface area contributed by atoms with E-state index in [9.17, 15) is 0 Å². The summed E-state index contributed by atoms with van der Waals surface area (Å²) in [7, 11) is 0. The second-order valence-corrected chi connectivity index (χ2v) is 4.47. The Hall–Kier alpha value is -2.08. The molecule has 0 saturated heterocycles. The van der Waals surface area contributed by atoms with Gasteiger partial charge in [0.25, 0.3) is 0 Å². The van der Waals surface area contributed by atoms with Gasteiger partial charge in [-0.05, 0) is 18.4 Å². The highest BCUT2D eigenvalue weighted by Crippen LogP contribution is 2.31. The maximum absolute atomic E-state index is 5.55. The normalized spacial score (nSPS) is 10.7. The highest BCUT2D eigenvalue weighted by molar-refractivity contribution is 7.13. The zero-order chi connectivity index (χ0) is 12.4. The molecule has 5 nitrogen and oxygen atoms in total. The first kappa shape index (κ1) is 11.0. The predicted octanol–water partition coefficient (Wildman–Crippen LogP) is 2.55. The molecule has 0 aromatic carbocycles. The van der Waals surface area contributed by atoms with Crippen LogP contribution in [0.3, 0.4) is 0 Å². The molecule has 3 heterocycles. The van der Waals surface area contributed by atoms with Crippen LogP contribution in [0.15, 0.2) is 30.0 Å². The lowest BCUT2D eigenvalue weighted by molar-refractivity contribution is 0.328. The van der Waals surface area contributed by atoms with E-state index in [0.29, 0.717) is 23.7 Å². The van der Waals surface area contributed by atoms with Crippen LogP contribution in [0, 0.1) is 0 Å². The summed E-state index contributed by atoms with van der Waals surface area (Å²) in [5.74, 6) is 0.530. The van der Waals surface area contributed by atoms with Crippen LogP contribution >= 0.6 is 11.3 Å². The third-order valence-corrected chi connectivity index (χ3v) is 3.23. The number of fused-ring (bicyclic) bond motifs is 1. The predicted molar refractivity (Wildman–Crippen MR) is 69.6 cm³/mol. The lowest BCUT2D eigenvalue weighted by Gasteiger charge is -2.07. The van der Waals surface area contributed by atoms with Crippen molar-refractivity contribution in [2.45, 2.75) is 6.92 Å². The van der Waals surface area contributed by atoms with Gasteiger partial charge < -0.3 is 4.74 Å². The summed E-state index contributed by atoms with van der Waals surface area (Å²) in [6, 6.07) is 3.96. The fourth-order valence-electron chi connectivity index (χ4n) is 1.61. The zero-order valence-corrected chi connectivity index (χ0v) is 10.5. The standard InChI is InChI=1S/C12H10N4OS/c1-2-17-12-10(9-4-3-5-18-9)16-11-8(15-12)6-13-7-14-11/h3-7H,2H2,1H3. The quantitative estimate of drug-likeness (QED) is 0.722. The Morgan fingerprint density at radius 1 is 1.33 bits per heavy atom.